The maximum atomic E-state index is 10.8. The lowest BCUT2D eigenvalue weighted by Gasteiger charge is -2.27. The molecule has 12 heavy (non-hydrogen) atoms. The SMILES string of the molecule is CC(C)CC(C)(C)NC(=O)CO. The number of amides is 1. The van der Waals surface area contributed by atoms with E-state index in [0.29, 0.717) is 5.92 Å². The molecule has 0 unspecified atom stereocenters. The van der Waals surface area contributed by atoms with E-state index in [1.165, 1.54) is 0 Å². The van der Waals surface area contributed by atoms with Gasteiger partial charge in [-0.25, -0.2) is 0 Å². The van der Waals surface area contributed by atoms with Crippen LogP contribution in [-0.2, 0) is 4.79 Å². The molecule has 0 aliphatic carbocycles. The summed E-state index contributed by atoms with van der Waals surface area (Å²) in [5, 5.41) is 11.3. The van der Waals surface area contributed by atoms with E-state index < -0.39 is 6.61 Å². The standard InChI is InChI=1S/C9H19NO2/c1-7(2)5-9(3,4)10-8(12)6-11/h7,11H,5-6H2,1-4H3,(H,10,12). The van der Waals surface area contributed by atoms with Crippen LogP contribution < -0.4 is 5.32 Å². The molecule has 0 aliphatic heterocycles. The van der Waals surface area contributed by atoms with Crippen molar-refractivity contribution in [2.75, 3.05) is 6.61 Å². The van der Waals surface area contributed by atoms with Crippen LogP contribution in [0.25, 0.3) is 0 Å². The van der Waals surface area contributed by atoms with E-state index in [1.54, 1.807) is 0 Å². The first-order chi connectivity index (χ1) is 5.37. The second-order valence-electron chi connectivity index (χ2n) is 4.19. The third kappa shape index (κ3) is 5.13. The molecule has 72 valence electrons. The maximum Gasteiger partial charge on any atom is 0.246 e. The van der Waals surface area contributed by atoms with Gasteiger partial charge in [-0.1, -0.05) is 13.8 Å². The van der Waals surface area contributed by atoms with Crippen LogP contribution in [0.3, 0.4) is 0 Å². The number of hydrogen-bond acceptors (Lipinski definition) is 2. The summed E-state index contributed by atoms with van der Waals surface area (Å²) in [5.41, 5.74) is -0.214. The quantitative estimate of drug-likeness (QED) is 0.664. The van der Waals surface area contributed by atoms with Gasteiger partial charge in [0.25, 0.3) is 0 Å². The van der Waals surface area contributed by atoms with E-state index >= 15 is 0 Å². The van der Waals surface area contributed by atoms with Crippen LogP contribution >= 0.6 is 0 Å². The summed E-state index contributed by atoms with van der Waals surface area (Å²) < 4.78 is 0. The molecule has 0 spiro atoms. The molecule has 0 atom stereocenters. The molecule has 0 aliphatic rings. The van der Waals surface area contributed by atoms with Crippen molar-refractivity contribution in [3.05, 3.63) is 0 Å². The molecular formula is C9H19NO2. The molecule has 1 amide bonds. The largest absolute Gasteiger partial charge is 0.387 e. The van der Waals surface area contributed by atoms with Crippen LogP contribution in [0.1, 0.15) is 34.1 Å². The number of carbonyl (C=O) groups is 1. The Labute approximate surface area is 74.2 Å². The van der Waals surface area contributed by atoms with Crippen molar-refractivity contribution in [3.8, 4) is 0 Å². The topological polar surface area (TPSA) is 49.3 Å². The van der Waals surface area contributed by atoms with E-state index in [2.05, 4.69) is 19.2 Å². The summed E-state index contributed by atoms with van der Waals surface area (Å²) in [7, 11) is 0. The number of nitrogens with one attached hydrogen (secondary N) is 1. The lowest BCUT2D eigenvalue weighted by molar-refractivity contribution is -0.125. The Morgan fingerprint density at radius 1 is 1.50 bits per heavy atom. The molecule has 0 radical (unpaired) electrons. The summed E-state index contributed by atoms with van der Waals surface area (Å²) in [4.78, 5) is 10.8. The maximum absolute atomic E-state index is 10.8. The van der Waals surface area contributed by atoms with Crippen molar-refractivity contribution in [2.45, 2.75) is 39.7 Å². The van der Waals surface area contributed by atoms with Gasteiger partial charge in [-0.3, -0.25) is 4.79 Å². The number of aliphatic hydroxyl groups is 1. The molecule has 0 saturated heterocycles. The molecule has 0 bridgehead atoms. The zero-order valence-corrected chi connectivity index (χ0v) is 8.35. The van der Waals surface area contributed by atoms with Crippen molar-refractivity contribution in [3.63, 3.8) is 0 Å². The molecule has 0 aromatic heterocycles. The van der Waals surface area contributed by atoms with Gasteiger partial charge in [-0.15, -0.1) is 0 Å². The minimum absolute atomic E-state index is 0.214. The molecule has 0 heterocycles. The van der Waals surface area contributed by atoms with Crippen molar-refractivity contribution in [1.29, 1.82) is 0 Å². The second-order valence-corrected chi connectivity index (χ2v) is 4.19. The summed E-state index contributed by atoms with van der Waals surface area (Å²) in [6, 6.07) is 0. The van der Waals surface area contributed by atoms with Crippen molar-refractivity contribution in [2.24, 2.45) is 5.92 Å². The molecule has 0 rings (SSSR count). The highest BCUT2D eigenvalue weighted by molar-refractivity contribution is 5.77. The average Bonchev–Trinajstić information content (AvgIpc) is 1.83. The zero-order chi connectivity index (χ0) is 9.78. The summed E-state index contributed by atoms with van der Waals surface area (Å²) in [6.45, 7) is 7.70. The molecule has 3 nitrogen and oxygen atoms in total. The highest BCUT2D eigenvalue weighted by Crippen LogP contribution is 2.14. The number of aliphatic hydroxyl groups excluding tert-OH is 1. The third-order valence-electron chi connectivity index (χ3n) is 1.54. The Hall–Kier alpha value is -0.570. The fourth-order valence-electron chi connectivity index (χ4n) is 1.49. The minimum atomic E-state index is -0.429. The van der Waals surface area contributed by atoms with Crippen LogP contribution in [0.5, 0.6) is 0 Å². The Balaban J connectivity index is 3.94. The lowest BCUT2D eigenvalue weighted by Crippen LogP contribution is -2.45. The first-order valence-corrected chi connectivity index (χ1v) is 4.29. The van der Waals surface area contributed by atoms with Crippen LogP contribution in [-0.4, -0.2) is 23.2 Å². The molecule has 0 aromatic rings. The molecular weight excluding hydrogens is 154 g/mol. The Morgan fingerprint density at radius 2 is 2.00 bits per heavy atom. The summed E-state index contributed by atoms with van der Waals surface area (Å²) >= 11 is 0. The smallest absolute Gasteiger partial charge is 0.246 e. The fourth-order valence-corrected chi connectivity index (χ4v) is 1.49. The Bertz CT molecular complexity index is 153. The van der Waals surface area contributed by atoms with Gasteiger partial charge >= 0.3 is 0 Å². The first kappa shape index (κ1) is 11.4. The van der Waals surface area contributed by atoms with Gasteiger partial charge in [0.2, 0.25) is 5.91 Å². The average molecular weight is 173 g/mol. The number of carbonyl (C=O) groups excluding carboxylic acids is 1. The highest BCUT2D eigenvalue weighted by Gasteiger charge is 2.20. The van der Waals surface area contributed by atoms with Gasteiger partial charge in [0.05, 0.1) is 0 Å². The Morgan fingerprint density at radius 3 is 2.33 bits per heavy atom. The second kappa shape index (κ2) is 4.45. The van der Waals surface area contributed by atoms with Gasteiger partial charge in [0.1, 0.15) is 6.61 Å². The van der Waals surface area contributed by atoms with Crippen LogP contribution in [0.15, 0.2) is 0 Å². The molecule has 0 saturated carbocycles. The van der Waals surface area contributed by atoms with Gasteiger partial charge in [0.15, 0.2) is 0 Å². The molecule has 0 aromatic carbocycles. The zero-order valence-electron chi connectivity index (χ0n) is 8.35. The van der Waals surface area contributed by atoms with Crippen molar-refractivity contribution < 1.29 is 9.90 Å². The van der Waals surface area contributed by atoms with Crippen LogP contribution in [0.2, 0.25) is 0 Å². The molecule has 2 N–H and O–H groups in total. The van der Waals surface area contributed by atoms with E-state index in [9.17, 15) is 4.79 Å². The fraction of sp³-hybridized carbons (Fsp3) is 0.889. The normalized spacial score (nSPS) is 11.8. The van der Waals surface area contributed by atoms with Gasteiger partial charge < -0.3 is 10.4 Å². The Kier molecular flexibility index (Phi) is 4.24. The van der Waals surface area contributed by atoms with Crippen LogP contribution in [0.4, 0.5) is 0 Å². The number of rotatable bonds is 4. The third-order valence-corrected chi connectivity index (χ3v) is 1.54. The highest BCUT2D eigenvalue weighted by atomic mass is 16.3. The molecule has 0 fully saturated rings. The summed E-state index contributed by atoms with van der Waals surface area (Å²) in [5.74, 6) is 0.236. The lowest BCUT2D eigenvalue weighted by atomic mass is 9.93. The van der Waals surface area contributed by atoms with Gasteiger partial charge in [0, 0.05) is 5.54 Å². The predicted octanol–water partition coefficient (Wildman–Crippen LogP) is 0.920. The first-order valence-electron chi connectivity index (χ1n) is 4.29. The van der Waals surface area contributed by atoms with E-state index in [4.69, 9.17) is 5.11 Å². The van der Waals surface area contributed by atoms with E-state index in [1.807, 2.05) is 13.8 Å². The minimum Gasteiger partial charge on any atom is -0.387 e. The molecule has 3 heteroatoms. The van der Waals surface area contributed by atoms with Crippen molar-refractivity contribution in [1.82, 2.24) is 5.32 Å². The summed E-state index contributed by atoms with van der Waals surface area (Å²) in [6.07, 6.45) is 0.915. The van der Waals surface area contributed by atoms with E-state index in [0.717, 1.165) is 6.42 Å². The number of hydrogen-bond donors (Lipinski definition) is 2. The van der Waals surface area contributed by atoms with E-state index in [-0.39, 0.29) is 11.4 Å². The van der Waals surface area contributed by atoms with Crippen LogP contribution in [0, 0.1) is 5.92 Å². The van der Waals surface area contributed by atoms with Crippen molar-refractivity contribution >= 4 is 5.91 Å². The predicted molar refractivity (Wildman–Crippen MR) is 48.8 cm³/mol. The monoisotopic (exact) mass is 173 g/mol. The van der Waals surface area contributed by atoms with Gasteiger partial charge in [-0.2, -0.15) is 0 Å². The van der Waals surface area contributed by atoms with Gasteiger partial charge in [-0.05, 0) is 26.2 Å².